The minimum atomic E-state index is -1.25. The molecule has 3 aromatic carbocycles. The molecule has 234 valence electrons. The number of carbonyl (C=O) groups is 2. The number of hydrogen-bond donors (Lipinski definition) is 2. The van der Waals surface area contributed by atoms with Crippen molar-refractivity contribution in [2.24, 2.45) is 5.73 Å². The van der Waals surface area contributed by atoms with Gasteiger partial charge >= 0.3 is 0 Å². The molecule has 0 aromatic heterocycles. The Morgan fingerprint density at radius 3 is 2.07 bits per heavy atom. The molecule has 0 bridgehead atoms. The second-order valence-electron chi connectivity index (χ2n) is 11.6. The van der Waals surface area contributed by atoms with Crippen LogP contribution in [0, 0.1) is 36.3 Å². The average molecular weight is 612 g/mol. The van der Waals surface area contributed by atoms with Crippen LogP contribution in [0.1, 0.15) is 82.5 Å². The monoisotopic (exact) mass is 611 g/mol. The highest BCUT2D eigenvalue weighted by molar-refractivity contribution is 6.00. The van der Waals surface area contributed by atoms with E-state index in [4.69, 9.17) is 18.6 Å². The van der Waals surface area contributed by atoms with Gasteiger partial charge in [-0.2, -0.15) is 0 Å². The number of hydrogen-bond acceptors (Lipinski definition) is 4. The lowest BCUT2D eigenvalue weighted by Gasteiger charge is -2.36. The maximum Gasteiger partial charge on any atom is 0.254 e. The number of benzene rings is 3. The summed E-state index contributed by atoms with van der Waals surface area (Å²) in [5.74, 6) is 3.04. The molecule has 4 rings (SSSR count). The van der Waals surface area contributed by atoms with Gasteiger partial charge in [-0.1, -0.05) is 37.8 Å². The predicted molar refractivity (Wildman–Crippen MR) is 171 cm³/mol. The Bertz CT molecular complexity index is 1610. The number of terminal acetylenes is 2. The first-order chi connectivity index (χ1) is 21.5. The molecule has 0 heterocycles. The molecule has 45 heavy (non-hydrogen) atoms. The van der Waals surface area contributed by atoms with Gasteiger partial charge in [0.25, 0.3) is 11.8 Å². The van der Waals surface area contributed by atoms with Gasteiger partial charge in [0.05, 0.1) is 11.6 Å². The SMILES string of the molecule is C#Cc1cc(C(=O)N(CCC)CCC)cc(C(=O)N(C[C@@H](O)[C@@H](N)Cc2cc(F)cc(F)c2)C2(c3cccc(C#C)c3)CC2)c1. The molecule has 0 unspecified atom stereocenters. The van der Waals surface area contributed by atoms with Crippen LogP contribution in [0.3, 0.4) is 0 Å². The van der Waals surface area contributed by atoms with Crippen molar-refractivity contribution in [2.45, 2.75) is 63.6 Å². The van der Waals surface area contributed by atoms with E-state index in [0.717, 1.165) is 36.6 Å². The van der Waals surface area contributed by atoms with E-state index in [1.807, 2.05) is 32.0 Å². The standard InChI is InChI=1S/C37H39F2N3O3/c1-5-14-41(15-6-2)35(44)28-16-26(8-4)17-29(22-28)36(45)42(37(12-13-37)30-11-9-10-25(7-3)18-30)24-34(43)33(40)21-27-19-31(38)23-32(39)20-27/h3-4,9-11,16-20,22-23,33-34,43H,5-6,12-15,21,24,40H2,1-2H3/t33-,34+/m0/s1. The van der Waals surface area contributed by atoms with Gasteiger partial charge in [-0.25, -0.2) is 8.78 Å². The molecule has 1 aliphatic carbocycles. The van der Waals surface area contributed by atoms with Crippen molar-refractivity contribution in [3.63, 3.8) is 0 Å². The number of amides is 2. The van der Waals surface area contributed by atoms with Crippen molar-refractivity contribution in [1.29, 1.82) is 0 Å². The molecule has 3 aromatic rings. The molecule has 6 nitrogen and oxygen atoms in total. The Labute approximate surface area is 264 Å². The summed E-state index contributed by atoms with van der Waals surface area (Å²) in [5.41, 5.74) is 8.18. The van der Waals surface area contributed by atoms with Crippen molar-refractivity contribution in [3.8, 4) is 24.7 Å². The van der Waals surface area contributed by atoms with E-state index >= 15 is 0 Å². The summed E-state index contributed by atoms with van der Waals surface area (Å²) in [6.45, 7) is 4.93. The van der Waals surface area contributed by atoms with E-state index in [2.05, 4.69) is 11.8 Å². The maximum absolute atomic E-state index is 14.5. The highest BCUT2D eigenvalue weighted by Gasteiger charge is 2.52. The van der Waals surface area contributed by atoms with E-state index in [1.54, 1.807) is 34.1 Å². The van der Waals surface area contributed by atoms with E-state index in [1.165, 1.54) is 0 Å². The first kappa shape index (κ1) is 33.4. The molecule has 0 radical (unpaired) electrons. The molecule has 2 amide bonds. The molecule has 0 saturated heterocycles. The Balaban J connectivity index is 1.73. The fourth-order valence-corrected chi connectivity index (χ4v) is 5.79. The van der Waals surface area contributed by atoms with Gasteiger partial charge in [-0.15, -0.1) is 12.8 Å². The molecule has 0 aliphatic heterocycles. The summed E-state index contributed by atoms with van der Waals surface area (Å²) in [5, 5.41) is 11.3. The zero-order valence-corrected chi connectivity index (χ0v) is 25.7. The predicted octanol–water partition coefficient (Wildman–Crippen LogP) is 5.25. The lowest BCUT2D eigenvalue weighted by Crippen LogP contribution is -2.50. The van der Waals surface area contributed by atoms with E-state index in [0.29, 0.717) is 42.6 Å². The van der Waals surface area contributed by atoms with Crippen molar-refractivity contribution in [1.82, 2.24) is 9.80 Å². The van der Waals surface area contributed by atoms with Gasteiger partial charge in [-0.3, -0.25) is 9.59 Å². The average Bonchev–Trinajstić information content (AvgIpc) is 3.84. The third-order valence-electron chi connectivity index (χ3n) is 8.18. The van der Waals surface area contributed by atoms with Crippen LogP contribution in [0.5, 0.6) is 0 Å². The minimum absolute atomic E-state index is 0.0205. The molecule has 2 atom stereocenters. The molecule has 0 spiro atoms. The van der Waals surface area contributed by atoms with Crippen LogP contribution >= 0.6 is 0 Å². The fraction of sp³-hybridized carbons (Fsp3) is 0.351. The van der Waals surface area contributed by atoms with Gasteiger partial charge in [0, 0.05) is 54.0 Å². The van der Waals surface area contributed by atoms with Crippen LogP contribution in [0.25, 0.3) is 0 Å². The second kappa shape index (κ2) is 14.5. The van der Waals surface area contributed by atoms with Crippen molar-refractivity contribution in [2.75, 3.05) is 19.6 Å². The lowest BCUT2D eigenvalue weighted by atomic mass is 9.96. The number of aliphatic hydroxyl groups is 1. The van der Waals surface area contributed by atoms with E-state index in [-0.39, 0.29) is 30.0 Å². The second-order valence-corrected chi connectivity index (χ2v) is 11.6. The largest absolute Gasteiger partial charge is 0.390 e. The third-order valence-corrected chi connectivity index (χ3v) is 8.18. The van der Waals surface area contributed by atoms with Crippen molar-refractivity contribution >= 4 is 11.8 Å². The van der Waals surface area contributed by atoms with Crippen molar-refractivity contribution in [3.05, 3.63) is 106 Å². The summed E-state index contributed by atoms with van der Waals surface area (Å²) in [7, 11) is 0. The first-order valence-electron chi connectivity index (χ1n) is 15.2. The Morgan fingerprint density at radius 1 is 0.911 bits per heavy atom. The minimum Gasteiger partial charge on any atom is -0.390 e. The first-order valence-corrected chi connectivity index (χ1v) is 15.2. The van der Waals surface area contributed by atoms with Gasteiger partial charge in [0.15, 0.2) is 0 Å². The maximum atomic E-state index is 14.5. The molecule has 1 aliphatic rings. The molecular weight excluding hydrogens is 572 g/mol. The summed E-state index contributed by atoms with van der Waals surface area (Å²) < 4.78 is 27.7. The van der Waals surface area contributed by atoms with Crippen molar-refractivity contribution < 1.29 is 23.5 Å². The summed E-state index contributed by atoms with van der Waals surface area (Å²) >= 11 is 0. The van der Waals surface area contributed by atoms with Gasteiger partial charge in [0.1, 0.15) is 11.6 Å². The Morgan fingerprint density at radius 2 is 1.51 bits per heavy atom. The molecule has 3 N–H and O–H groups in total. The van der Waals surface area contributed by atoms with E-state index < -0.39 is 35.2 Å². The quantitative estimate of drug-likeness (QED) is 0.259. The Kier molecular flexibility index (Phi) is 10.8. The molecule has 8 heteroatoms. The van der Waals surface area contributed by atoms with E-state index in [9.17, 15) is 23.5 Å². The van der Waals surface area contributed by atoms with Crippen LogP contribution in [0.15, 0.2) is 60.7 Å². The number of rotatable bonds is 13. The number of nitrogens with two attached hydrogens (primary N) is 1. The number of carbonyl (C=O) groups excluding carboxylic acids is 2. The third kappa shape index (κ3) is 7.78. The van der Waals surface area contributed by atoms with Gasteiger partial charge in [0.2, 0.25) is 0 Å². The summed E-state index contributed by atoms with van der Waals surface area (Å²) in [6.07, 6.45) is 12.9. The van der Waals surface area contributed by atoms with Crippen LogP contribution < -0.4 is 5.73 Å². The van der Waals surface area contributed by atoms with Crippen LogP contribution in [0.4, 0.5) is 8.78 Å². The number of halogens is 2. The highest BCUT2D eigenvalue weighted by Crippen LogP contribution is 2.52. The van der Waals surface area contributed by atoms with Crippen LogP contribution in [-0.4, -0.2) is 58.5 Å². The zero-order valence-electron chi connectivity index (χ0n) is 25.7. The highest BCUT2D eigenvalue weighted by atomic mass is 19.1. The molecular formula is C37H39F2N3O3. The topological polar surface area (TPSA) is 86.9 Å². The normalized spacial score (nSPS) is 14.5. The fourth-order valence-electron chi connectivity index (χ4n) is 5.79. The summed E-state index contributed by atoms with van der Waals surface area (Å²) in [6, 6.07) is 14.2. The number of aliphatic hydroxyl groups excluding tert-OH is 1. The van der Waals surface area contributed by atoms with Gasteiger partial charge < -0.3 is 20.6 Å². The zero-order chi connectivity index (χ0) is 32.7. The molecule has 1 saturated carbocycles. The number of nitrogens with zero attached hydrogens (tertiary/aromatic N) is 2. The lowest BCUT2D eigenvalue weighted by molar-refractivity contribution is 0.0409. The van der Waals surface area contributed by atoms with Crippen LogP contribution in [-0.2, 0) is 12.0 Å². The Hall–Kier alpha value is -4.50. The molecule has 1 fully saturated rings. The van der Waals surface area contributed by atoms with Crippen LogP contribution in [0.2, 0.25) is 0 Å². The smallest absolute Gasteiger partial charge is 0.254 e. The summed E-state index contributed by atoms with van der Waals surface area (Å²) in [4.78, 5) is 31.3. The van der Waals surface area contributed by atoms with Gasteiger partial charge in [-0.05, 0) is 85.7 Å².